The highest BCUT2D eigenvalue weighted by atomic mass is 16.5. The molecule has 2 aromatic rings. The number of rotatable bonds is 4. The molecule has 0 aliphatic carbocycles. The summed E-state index contributed by atoms with van der Waals surface area (Å²) >= 11 is 0. The Morgan fingerprint density at radius 3 is 2.58 bits per heavy atom. The Labute approximate surface area is 109 Å². The van der Waals surface area contributed by atoms with Crippen LogP contribution in [0.15, 0.2) is 18.2 Å². The Kier molecular flexibility index (Phi) is 3.37. The molecule has 2 N–H and O–H groups in total. The quantitative estimate of drug-likeness (QED) is 0.875. The molecule has 1 heterocycles. The maximum Gasteiger partial charge on any atom is 0.271 e. The van der Waals surface area contributed by atoms with Gasteiger partial charge in [0.25, 0.3) is 5.91 Å². The van der Waals surface area contributed by atoms with Crippen molar-refractivity contribution in [1.29, 1.82) is 0 Å². The Bertz CT molecular complexity index is 621. The zero-order valence-corrected chi connectivity index (χ0v) is 10.9. The van der Waals surface area contributed by atoms with Gasteiger partial charge in [-0.2, -0.15) is 0 Å². The van der Waals surface area contributed by atoms with E-state index in [0.717, 1.165) is 0 Å². The van der Waals surface area contributed by atoms with Crippen molar-refractivity contribution in [2.75, 3.05) is 14.2 Å². The first-order valence-corrected chi connectivity index (χ1v) is 5.53. The summed E-state index contributed by atoms with van der Waals surface area (Å²) in [6, 6.07) is 5.26. The number of carbonyl (C=O) groups is 1. The van der Waals surface area contributed by atoms with E-state index in [9.17, 15) is 4.79 Å². The summed E-state index contributed by atoms with van der Waals surface area (Å²) in [5.41, 5.74) is 6.56. The van der Waals surface area contributed by atoms with Gasteiger partial charge in [0.2, 0.25) is 0 Å². The van der Waals surface area contributed by atoms with E-state index in [0.29, 0.717) is 22.9 Å². The van der Waals surface area contributed by atoms with Crippen molar-refractivity contribution in [3.63, 3.8) is 0 Å². The van der Waals surface area contributed by atoms with E-state index in [1.165, 1.54) is 4.68 Å². The highest BCUT2D eigenvalue weighted by molar-refractivity contribution is 5.91. The van der Waals surface area contributed by atoms with E-state index in [1.54, 1.807) is 39.3 Å². The predicted molar refractivity (Wildman–Crippen MR) is 67.7 cm³/mol. The average Bonchev–Trinajstić information content (AvgIpc) is 2.79. The van der Waals surface area contributed by atoms with Crippen LogP contribution in [-0.4, -0.2) is 35.1 Å². The van der Waals surface area contributed by atoms with Gasteiger partial charge in [0, 0.05) is 6.07 Å². The molecule has 0 saturated heterocycles. The van der Waals surface area contributed by atoms with Gasteiger partial charge in [-0.1, -0.05) is 5.21 Å². The molecule has 0 aliphatic rings. The van der Waals surface area contributed by atoms with Crippen molar-refractivity contribution in [2.45, 2.75) is 6.92 Å². The fourth-order valence-electron chi connectivity index (χ4n) is 1.75. The molecule has 1 aromatic heterocycles. The third-order valence-electron chi connectivity index (χ3n) is 2.74. The summed E-state index contributed by atoms with van der Waals surface area (Å²) < 4.78 is 11.9. The molecule has 0 saturated carbocycles. The number of benzene rings is 1. The number of aromatic nitrogens is 3. The SMILES string of the molecule is COc1ccc(-n2nnc(C(N)=O)c2C)c(OC)c1. The Balaban J connectivity index is 2.55. The lowest BCUT2D eigenvalue weighted by Crippen LogP contribution is -2.13. The van der Waals surface area contributed by atoms with Crippen LogP contribution in [0.2, 0.25) is 0 Å². The van der Waals surface area contributed by atoms with Crippen LogP contribution in [0.4, 0.5) is 0 Å². The maximum atomic E-state index is 11.2. The zero-order valence-electron chi connectivity index (χ0n) is 10.9. The third kappa shape index (κ3) is 2.22. The summed E-state index contributed by atoms with van der Waals surface area (Å²) in [5, 5.41) is 7.68. The summed E-state index contributed by atoms with van der Waals surface area (Å²) in [6.45, 7) is 1.71. The first-order valence-electron chi connectivity index (χ1n) is 5.53. The first-order chi connectivity index (χ1) is 9.08. The number of methoxy groups -OCH3 is 2. The van der Waals surface area contributed by atoms with Crippen molar-refractivity contribution in [3.05, 3.63) is 29.6 Å². The van der Waals surface area contributed by atoms with Gasteiger partial charge in [-0.3, -0.25) is 4.79 Å². The predicted octanol–water partition coefficient (Wildman–Crippen LogP) is 0.692. The number of nitrogens with zero attached hydrogens (tertiary/aromatic N) is 3. The molecule has 0 unspecified atom stereocenters. The fraction of sp³-hybridized carbons (Fsp3) is 0.250. The number of carbonyl (C=O) groups excluding carboxylic acids is 1. The van der Waals surface area contributed by atoms with Crippen molar-refractivity contribution in [3.8, 4) is 17.2 Å². The summed E-state index contributed by atoms with van der Waals surface area (Å²) in [4.78, 5) is 11.2. The molecule has 0 aliphatic heterocycles. The highest BCUT2D eigenvalue weighted by Gasteiger charge is 2.17. The van der Waals surface area contributed by atoms with E-state index in [1.807, 2.05) is 0 Å². The van der Waals surface area contributed by atoms with Gasteiger partial charge in [0.05, 0.1) is 19.9 Å². The third-order valence-corrected chi connectivity index (χ3v) is 2.74. The van der Waals surface area contributed by atoms with Gasteiger partial charge in [-0.05, 0) is 19.1 Å². The second-order valence-corrected chi connectivity index (χ2v) is 3.84. The minimum atomic E-state index is -0.615. The molecule has 1 aromatic carbocycles. The summed E-state index contributed by atoms with van der Waals surface area (Å²) in [6.07, 6.45) is 0. The van der Waals surface area contributed by atoms with Crippen LogP contribution in [-0.2, 0) is 0 Å². The van der Waals surface area contributed by atoms with Gasteiger partial charge in [-0.25, -0.2) is 4.68 Å². The van der Waals surface area contributed by atoms with Crippen LogP contribution in [0.1, 0.15) is 16.2 Å². The molecule has 19 heavy (non-hydrogen) atoms. The van der Waals surface area contributed by atoms with Crippen molar-refractivity contribution >= 4 is 5.91 Å². The lowest BCUT2D eigenvalue weighted by atomic mass is 10.2. The van der Waals surface area contributed by atoms with Crippen molar-refractivity contribution in [1.82, 2.24) is 15.0 Å². The molecule has 0 spiro atoms. The maximum absolute atomic E-state index is 11.2. The van der Waals surface area contributed by atoms with E-state index >= 15 is 0 Å². The van der Waals surface area contributed by atoms with Gasteiger partial charge >= 0.3 is 0 Å². The number of nitrogens with two attached hydrogens (primary N) is 1. The zero-order chi connectivity index (χ0) is 14.0. The topological polar surface area (TPSA) is 92.3 Å². The minimum Gasteiger partial charge on any atom is -0.497 e. The molecular formula is C12H14N4O3. The summed E-state index contributed by atoms with van der Waals surface area (Å²) in [7, 11) is 3.11. The van der Waals surface area contributed by atoms with Crippen molar-refractivity contribution < 1.29 is 14.3 Å². The molecule has 0 bridgehead atoms. The molecule has 1 amide bonds. The Morgan fingerprint density at radius 2 is 2.05 bits per heavy atom. The number of amides is 1. The monoisotopic (exact) mass is 262 g/mol. The molecule has 0 fully saturated rings. The standard InChI is InChI=1S/C12H14N4O3/c1-7-11(12(13)17)14-15-16(7)9-5-4-8(18-2)6-10(9)19-3/h4-6H,1-3H3,(H2,13,17). The normalized spacial score (nSPS) is 10.3. The lowest BCUT2D eigenvalue weighted by molar-refractivity contribution is 0.0995. The van der Waals surface area contributed by atoms with Crippen LogP contribution in [0, 0.1) is 6.92 Å². The number of primary amides is 1. The average molecular weight is 262 g/mol. The smallest absolute Gasteiger partial charge is 0.271 e. The molecule has 7 heteroatoms. The van der Waals surface area contributed by atoms with Gasteiger partial charge in [-0.15, -0.1) is 5.10 Å². The molecule has 0 radical (unpaired) electrons. The van der Waals surface area contributed by atoms with Crippen LogP contribution in [0.3, 0.4) is 0 Å². The van der Waals surface area contributed by atoms with Crippen LogP contribution < -0.4 is 15.2 Å². The number of hydrogen-bond donors (Lipinski definition) is 1. The first kappa shape index (κ1) is 12.9. The van der Waals surface area contributed by atoms with Gasteiger partial charge in [0.1, 0.15) is 17.2 Å². The fourth-order valence-corrected chi connectivity index (χ4v) is 1.75. The minimum absolute atomic E-state index is 0.137. The Morgan fingerprint density at radius 1 is 1.32 bits per heavy atom. The van der Waals surface area contributed by atoms with Crippen molar-refractivity contribution in [2.24, 2.45) is 5.73 Å². The molecule has 100 valence electrons. The molecule has 0 atom stereocenters. The van der Waals surface area contributed by atoms with Crippen LogP contribution in [0.5, 0.6) is 11.5 Å². The molecule has 7 nitrogen and oxygen atoms in total. The summed E-state index contributed by atoms with van der Waals surface area (Å²) in [5.74, 6) is 0.605. The van der Waals surface area contributed by atoms with Crippen LogP contribution >= 0.6 is 0 Å². The molecular weight excluding hydrogens is 248 g/mol. The van der Waals surface area contributed by atoms with E-state index in [4.69, 9.17) is 15.2 Å². The van der Waals surface area contributed by atoms with E-state index in [2.05, 4.69) is 10.3 Å². The van der Waals surface area contributed by atoms with Gasteiger partial charge in [0.15, 0.2) is 5.69 Å². The second kappa shape index (κ2) is 4.97. The molecule has 2 rings (SSSR count). The van der Waals surface area contributed by atoms with E-state index in [-0.39, 0.29) is 5.69 Å². The highest BCUT2D eigenvalue weighted by Crippen LogP contribution is 2.28. The largest absolute Gasteiger partial charge is 0.497 e. The lowest BCUT2D eigenvalue weighted by Gasteiger charge is -2.10. The number of ether oxygens (including phenoxy) is 2. The number of hydrogen-bond acceptors (Lipinski definition) is 5. The Hall–Kier alpha value is -2.57. The second-order valence-electron chi connectivity index (χ2n) is 3.84. The van der Waals surface area contributed by atoms with Crippen LogP contribution in [0.25, 0.3) is 5.69 Å². The van der Waals surface area contributed by atoms with E-state index < -0.39 is 5.91 Å². The van der Waals surface area contributed by atoms with Gasteiger partial charge < -0.3 is 15.2 Å².